The van der Waals surface area contributed by atoms with Crippen molar-refractivity contribution < 1.29 is 23.8 Å². The zero-order valence-electron chi connectivity index (χ0n) is 24.6. The maximum atomic E-state index is 14.0. The second-order valence-corrected chi connectivity index (χ2v) is 10.0. The maximum absolute atomic E-state index is 14.0. The lowest BCUT2D eigenvalue weighted by molar-refractivity contribution is -0.133. The van der Waals surface area contributed by atoms with Gasteiger partial charge in [0.15, 0.2) is 0 Å². The van der Waals surface area contributed by atoms with Crippen molar-refractivity contribution in [2.45, 2.75) is 26.1 Å². The summed E-state index contributed by atoms with van der Waals surface area (Å²) in [6, 6.07) is 28.8. The fourth-order valence-corrected chi connectivity index (χ4v) is 4.78. The van der Waals surface area contributed by atoms with Crippen molar-refractivity contribution in [3.8, 4) is 11.5 Å². The Hall–Kier alpha value is -4.56. The summed E-state index contributed by atoms with van der Waals surface area (Å²) in [6.45, 7) is 2.31. The predicted molar refractivity (Wildman–Crippen MR) is 163 cm³/mol. The monoisotopic (exact) mass is 569 g/mol. The fraction of sp³-hybridized carbons (Fsp3) is 0.294. The van der Waals surface area contributed by atoms with E-state index in [0.29, 0.717) is 50.5 Å². The molecule has 2 amide bonds. The summed E-state index contributed by atoms with van der Waals surface area (Å²) in [5.74, 6) is 1.13. The molecule has 0 N–H and O–H groups in total. The quantitative estimate of drug-likeness (QED) is 0.183. The van der Waals surface area contributed by atoms with Gasteiger partial charge in [0.25, 0.3) is 5.91 Å². The van der Waals surface area contributed by atoms with Gasteiger partial charge in [-0.1, -0.05) is 42.5 Å². The van der Waals surface area contributed by atoms with Crippen molar-refractivity contribution in [1.82, 2.24) is 14.4 Å². The summed E-state index contributed by atoms with van der Waals surface area (Å²) in [6.07, 6.45) is 2.64. The summed E-state index contributed by atoms with van der Waals surface area (Å²) in [4.78, 5) is 30.9. The lowest BCUT2D eigenvalue weighted by atomic mass is 10.1. The van der Waals surface area contributed by atoms with E-state index in [0.717, 1.165) is 22.6 Å². The Labute approximate surface area is 248 Å². The van der Waals surface area contributed by atoms with Gasteiger partial charge in [-0.25, -0.2) is 0 Å². The highest BCUT2D eigenvalue weighted by atomic mass is 16.5. The Morgan fingerprint density at radius 1 is 0.738 bits per heavy atom. The molecule has 4 aromatic rings. The van der Waals surface area contributed by atoms with Gasteiger partial charge in [0.05, 0.1) is 20.8 Å². The standard InChI is InChI=1S/C34H39N3O5/c1-40-21-9-20-36(34(39)29-15-17-31(41-2)18-16-29)26-33(38)37(23-27-10-5-4-6-11-27)25-30-13-8-19-35(30)24-28-12-7-14-32(22-28)42-3/h4-8,10-19,22H,9,20-21,23-26H2,1-3H3. The molecule has 3 aromatic carbocycles. The van der Waals surface area contributed by atoms with E-state index in [1.807, 2.05) is 71.8 Å². The van der Waals surface area contributed by atoms with Crippen molar-refractivity contribution in [3.05, 3.63) is 120 Å². The molecule has 0 atom stereocenters. The van der Waals surface area contributed by atoms with Crippen LogP contribution in [0.4, 0.5) is 0 Å². The molecule has 0 saturated carbocycles. The first-order valence-corrected chi connectivity index (χ1v) is 14.0. The van der Waals surface area contributed by atoms with Crippen LogP contribution in [-0.4, -0.2) is 67.2 Å². The third kappa shape index (κ3) is 8.47. The van der Waals surface area contributed by atoms with Crippen LogP contribution in [0.2, 0.25) is 0 Å². The van der Waals surface area contributed by atoms with Crippen LogP contribution in [0.1, 0.15) is 33.6 Å². The Kier molecular flexibility index (Phi) is 11.2. The first-order chi connectivity index (χ1) is 20.5. The van der Waals surface area contributed by atoms with E-state index in [1.54, 1.807) is 50.5 Å². The molecule has 42 heavy (non-hydrogen) atoms. The molecule has 0 aliphatic heterocycles. The number of aromatic nitrogens is 1. The van der Waals surface area contributed by atoms with Gasteiger partial charge < -0.3 is 28.6 Å². The molecule has 0 fully saturated rings. The third-order valence-electron chi connectivity index (χ3n) is 7.06. The van der Waals surface area contributed by atoms with Crippen molar-refractivity contribution in [2.24, 2.45) is 0 Å². The van der Waals surface area contributed by atoms with E-state index in [4.69, 9.17) is 14.2 Å². The van der Waals surface area contributed by atoms with E-state index in [1.165, 1.54) is 0 Å². The lowest BCUT2D eigenvalue weighted by Crippen LogP contribution is -2.43. The van der Waals surface area contributed by atoms with Gasteiger partial charge in [0.1, 0.15) is 18.0 Å². The molecule has 0 aliphatic carbocycles. The number of amides is 2. The van der Waals surface area contributed by atoms with Crippen LogP contribution in [0.3, 0.4) is 0 Å². The summed E-state index contributed by atoms with van der Waals surface area (Å²) in [5, 5.41) is 0. The minimum Gasteiger partial charge on any atom is -0.497 e. The highest BCUT2D eigenvalue weighted by Gasteiger charge is 2.23. The van der Waals surface area contributed by atoms with Crippen LogP contribution in [0, 0.1) is 0 Å². The normalized spacial score (nSPS) is 10.7. The topological polar surface area (TPSA) is 73.2 Å². The summed E-state index contributed by atoms with van der Waals surface area (Å²) in [7, 11) is 4.87. The number of hydrogen-bond donors (Lipinski definition) is 0. The number of nitrogens with zero attached hydrogens (tertiary/aromatic N) is 3. The van der Waals surface area contributed by atoms with Crippen LogP contribution in [0.25, 0.3) is 0 Å². The SMILES string of the molecule is COCCCN(CC(=O)N(Cc1ccccc1)Cc1cccn1Cc1cccc(OC)c1)C(=O)c1ccc(OC)cc1. The highest BCUT2D eigenvalue weighted by molar-refractivity contribution is 5.96. The van der Waals surface area contributed by atoms with Gasteiger partial charge in [-0.3, -0.25) is 9.59 Å². The Morgan fingerprint density at radius 3 is 2.19 bits per heavy atom. The molecule has 8 nitrogen and oxygen atoms in total. The smallest absolute Gasteiger partial charge is 0.254 e. The average molecular weight is 570 g/mol. The van der Waals surface area contributed by atoms with Crippen molar-refractivity contribution >= 4 is 11.8 Å². The molecule has 0 aliphatic rings. The first-order valence-electron chi connectivity index (χ1n) is 14.0. The summed E-state index contributed by atoms with van der Waals surface area (Å²) in [5.41, 5.74) is 3.61. The van der Waals surface area contributed by atoms with E-state index in [2.05, 4.69) is 10.6 Å². The Morgan fingerprint density at radius 2 is 1.48 bits per heavy atom. The van der Waals surface area contributed by atoms with E-state index in [-0.39, 0.29) is 18.4 Å². The van der Waals surface area contributed by atoms with Gasteiger partial charge in [-0.05, 0) is 66.1 Å². The number of methoxy groups -OCH3 is 3. The molecule has 1 heterocycles. The minimum atomic E-state index is -0.205. The van der Waals surface area contributed by atoms with Crippen LogP contribution in [0.5, 0.6) is 11.5 Å². The largest absolute Gasteiger partial charge is 0.497 e. The van der Waals surface area contributed by atoms with Crippen molar-refractivity contribution in [2.75, 3.05) is 41.0 Å². The van der Waals surface area contributed by atoms with Crippen LogP contribution in [-0.2, 0) is 29.2 Å². The number of carbonyl (C=O) groups excluding carboxylic acids is 2. The van der Waals surface area contributed by atoms with Gasteiger partial charge in [-0.2, -0.15) is 0 Å². The molecule has 8 heteroatoms. The van der Waals surface area contributed by atoms with Gasteiger partial charge >= 0.3 is 0 Å². The van der Waals surface area contributed by atoms with Gasteiger partial charge in [0.2, 0.25) is 5.91 Å². The average Bonchev–Trinajstić information content (AvgIpc) is 3.46. The van der Waals surface area contributed by atoms with E-state index in [9.17, 15) is 9.59 Å². The molecular formula is C34H39N3O5. The second kappa shape index (κ2) is 15.4. The van der Waals surface area contributed by atoms with Crippen LogP contribution >= 0.6 is 0 Å². The molecular weight excluding hydrogens is 530 g/mol. The minimum absolute atomic E-state index is 0.0436. The van der Waals surface area contributed by atoms with E-state index < -0.39 is 0 Å². The van der Waals surface area contributed by atoms with Crippen LogP contribution < -0.4 is 9.47 Å². The Balaban J connectivity index is 1.56. The molecule has 4 rings (SSSR count). The molecule has 0 unspecified atom stereocenters. The van der Waals surface area contributed by atoms with Crippen LogP contribution in [0.15, 0.2) is 97.2 Å². The zero-order chi connectivity index (χ0) is 29.7. The zero-order valence-corrected chi connectivity index (χ0v) is 24.6. The van der Waals surface area contributed by atoms with Gasteiger partial charge in [-0.15, -0.1) is 0 Å². The number of carbonyl (C=O) groups is 2. The number of ether oxygens (including phenoxy) is 3. The summed E-state index contributed by atoms with van der Waals surface area (Å²) < 4.78 is 18.0. The third-order valence-corrected chi connectivity index (χ3v) is 7.06. The lowest BCUT2D eigenvalue weighted by Gasteiger charge is -2.28. The first kappa shape index (κ1) is 30.4. The molecule has 1 aromatic heterocycles. The number of rotatable bonds is 15. The highest BCUT2D eigenvalue weighted by Crippen LogP contribution is 2.18. The molecule has 0 saturated heterocycles. The number of hydrogen-bond acceptors (Lipinski definition) is 5. The molecule has 0 spiro atoms. The summed E-state index contributed by atoms with van der Waals surface area (Å²) >= 11 is 0. The molecule has 0 bridgehead atoms. The van der Waals surface area contributed by atoms with Crippen molar-refractivity contribution in [1.29, 1.82) is 0 Å². The predicted octanol–water partition coefficient (Wildman–Crippen LogP) is 5.26. The number of benzene rings is 3. The Bertz CT molecular complexity index is 1420. The molecule has 220 valence electrons. The molecule has 0 radical (unpaired) electrons. The van der Waals surface area contributed by atoms with Gasteiger partial charge in [0, 0.05) is 50.8 Å². The van der Waals surface area contributed by atoms with E-state index >= 15 is 0 Å². The maximum Gasteiger partial charge on any atom is 0.254 e. The van der Waals surface area contributed by atoms with Crippen molar-refractivity contribution in [3.63, 3.8) is 0 Å². The second-order valence-electron chi connectivity index (χ2n) is 10.0. The fourth-order valence-electron chi connectivity index (χ4n) is 4.78.